The molecule has 0 aliphatic heterocycles. The number of rotatable bonds is 7. The van der Waals surface area contributed by atoms with Crippen molar-refractivity contribution in [3.8, 4) is 17.3 Å². The quantitative estimate of drug-likeness (QED) is 0.361. The Kier molecular flexibility index (Phi) is 5.94. The molecule has 1 N–H and O–H groups in total. The molecule has 8 heteroatoms. The number of hydrogen-bond donors (Lipinski definition) is 1. The van der Waals surface area contributed by atoms with Crippen molar-refractivity contribution >= 4 is 17.7 Å². The summed E-state index contributed by atoms with van der Waals surface area (Å²) in [7, 11) is 0. The highest BCUT2D eigenvalue weighted by Crippen LogP contribution is 2.25. The van der Waals surface area contributed by atoms with Crippen molar-refractivity contribution < 1.29 is 9.21 Å². The topological polar surface area (TPSA) is 85.8 Å². The summed E-state index contributed by atoms with van der Waals surface area (Å²) in [6.45, 7) is 2.34. The van der Waals surface area contributed by atoms with Gasteiger partial charge in [-0.2, -0.15) is 5.10 Å². The van der Waals surface area contributed by atoms with E-state index in [-0.39, 0.29) is 5.91 Å². The number of hydrogen-bond acceptors (Lipinski definition) is 6. The molecule has 0 radical (unpaired) electrons. The van der Waals surface area contributed by atoms with Crippen LogP contribution in [0.4, 0.5) is 0 Å². The molecule has 0 saturated carbocycles. The van der Waals surface area contributed by atoms with E-state index in [4.69, 9.17) is 4.42 Å². The van der Waals surface area contributed by atoms with Crippen LogP contribution in [0.2, 0.25) is 0 Å². The van der Waals surface area contributed by atoms with Crippen LogP contribution in [0.1, 0.15) is 21.6 Å². The normalized spacial score (nSPS) is 10.9. The van der Waals surface area contributed by atoms with Gasteiger partial charge in [0.25, 0.3) is 5.91 Å². The van der Waals surface area contributed by atoms with E-state index >= 15 is 0 Å². The lowest BCUT2D eigenvalue weighted by molar-refractivity contribution is 0.0949. The Balaban J connectivity index is 1.41. The SMILES string of the molecule is CSc1nc(-c2ccco2)nc(C)c1C(=O)NCCc1ccc(-n2cccn2)cc1. The van der Waals surface area contributed by atoms with Gasteiger partial charge in [0.15, 0.2) is 11.6 Å². The van der Waals surface area contributed by atoms with Crippen LogP contribution in [-0.2, 0) is 6.42 Å². The van der Waals surface area contributed by atoms with Crippen LogP contribution in [0.15, 0.2) is 70.6 Å². The Labute approximate surface area is 178 Å². The summed E-state index contributed by atoms with van der Waals surface area (Å²) in [5.41, 5.74) is 3.27. The Morgan fingerprint density at radius 2 is 2.00 bits per heavy atom. The van der Waals surface area contributed by atoms with Gasteiger partial charge in [-0.15, -0.1) is 11.8 Å². The molecule has 0 aliphatic rings. The van der Waals surface area contributed by atoms with Crippen LogP contribution >= 0.6 is 11.8 Å². The van der Waals surface area contributed by atoms with Gasteiger partial charge in [0, 0.05) is 18.9 Å². The number of nitrogens with one attached hydrogen (secondary N) is 1. The third-order valence-corrected chi connectivity index (χ3v) is 5.31. The largest absolute Gasteiger partial charge is 0.461 e. The molecule has 0 saturated heterocycles. The van der Waals surface area contributed by atoms with Crippen molar-refractivity contribution in [1.29, 1.82) is 0 Å². The molecular weight excluding hydrogens is 398 g/mol. The summed E-state index contributed by atoms with van der Waals surface area (Å²) in [5, 5.41) is 7.84. The van der Waals surface area contributed by atoms with Crippen LogP contribution in [0.25, 0.3) is 17.3 Å². The molecule has 3 aromatic heterocycles. The van der Waals surface area contributed by atoms with E-state index < -0.39 is 0 Å². The van der Waals surface area contributed by atoms with Crippen molar-refractivity contribution in [1.82, 2.24) is 25.1 Å². The molecule has 1 amide bonds. The molecule has 4 aromatic rings. The Hall–Kier alpha value is -3.39. The zero-order chi connectivity index (χ0) is 20.9. The van der Waals surface area contributed by atoms with E-state index in [0.717, 1.165) is 17.7 Å². The standard InChI is InChI=1S/C22H21N5O2S/c1-15-19(22(30-2)26-20(25-15)18-5-3-14-29-18)21(28)23-12-10-16-6-8-17(9-7-16)27-13-4-11-24-27/h3-9,11,13-14H,10,12H2,1-2H3,(H,23,28). The molecule has 0 atom stereocenters. The third-order valence-electron chi connectivity index (χ3n) is 4.62. The average molecular weight is 420 g/mol. The first-order chi connectivity index (χ1) is 14.7. The second kappa shape index (κ2) is 8.96. The van der Waals surface area contributed by atoms with Crippen LogP contribution in [0, 0.1) is 6.92 Å². The van der Waals surface area contributed by atoms with Gasteiger partial charge in [-0.25, -0.2) is 14.6 Å². The number of aromatic nitrogens is 4. The zero-order valence-electron chi connectivity index (χ0n) is 16.7. The Morgan fingerprint density at radius 3 is 2.67 bits per heavy atom. The first-order valence-corrected chi connectivity index (χ1v) is 10.7. The zero-order valence-corrected chi connectivity index (χ0v) is 17.5. The fourth-order valence-electron chi connectivity index (χ4n) is 3.12. The molecule has 152 valence electrons. The van der Waals surface area contributed by atoms with E-state index in [1.807, 2.05) is 54.4 Å². The minimum atomic E-state index is -0.170. The number of carbonyl (C=O) groups excluding carboxylic acids is 1. The monoisotopic (exact) mass is 419 g/mol. The molecule has 7 nitrogen and oxygen atoms in total. The van der Waals surface area contributed by atoms with Crippen LogP contribution in [-0.4, -0.2) is 38.5 Å². The molecule has 0 fully saturated rings. The molecule has 3 heterocycles. The van der Waals surface area contributed by atoms with Gasteiger partial charge < -0.3 is 9.73 Å². The van der Waals surface area contributed by atoms with Gasteiger partial charge in [0.05, 0.1) is 23.2 Å². The maximum Gasteiger partial charge on any atom is 0.255 e. The van der Waals surface area contributed by atoms with Gasteiger partial charge in [0.2, 0.25) is 0 Å². The maximum atomic E-state index is 12.8. The molecule has 4 rings (SSSR count). The van der Waals surface area contributed by atoms with Crippen LogP contribution < -0.4 is 5.32 Å². The van der Waals surface area contributed by atoms with E-state index in [1.54, 1.807) is 24.6 Å². The minimum Gasteiger partial charge on any atom is -0.461 e. The minimum absolute atomic E-state index is 0.170. The predicted molar refractivity (Wildman–Crippen MR) is 116 cm³/mol. The van der Waals surface area contributed by atoms with E-state index in [1.165, 1.54) is 11.8 Å². The molecule has 0 bridgehead atoms. The number of carbonyl (C=O) groups is 1. The second-order valence-corrected chi connectivity index (χ2v) is 7.41. The maximum absolute atomic E-state index is 12.8. The van der Waals surface area contributed by atoms with Gasteiger partial charge in [-0.3, -0.25) is 4.79 Å². The van der Waals surface area contributed by atoms with Gasteiger partial charge in [-0.05, 0) is 55.5 Å². The van der Waals surface area contributed by atoms with Gasteiger partial charge in [-0.1, -0.05) is 12.1 Å². The summed E-state index contributed by atoms with van der Waals surface area (Å²) in [6.07, 6.45) is 7.85. The number of thioether (sulfide) groups is 1. The predicted octanol–water partition coefficient (Wildman–Crippen LogP) is 3.93. The highest BCUT2D eigenvalue weighted by atomic mass is 32.2. The lowest BCUT2D eigenvalue weighted by Gasteiger charge is -2.12. The molecular formula is C22H21N5O2S. The molecule has 30 heavy (non-hydrogen) atoms. The number of furan rings is 1. The lowest BCUT2D eigenvalue weighted by atomic mass is 10.1. The van der Waals surface area contributed by atoms with Crippen molar-refractivity contribution in [2.45, 2.75) is 18.4 Å². The van der Waals surface area contributed by atoms with E-state index in [9.17, 15) is 4.79 Å². The first kappa shape index (κ1) is 19.9. The fraction of sp³-hybridized carbons (Fsp3) is 0.182. The van der Waals surface area contributed by atoms with Gasteiger partial charge >= 0.3 is 0 Å². The summed E-state index contributed by atoms with van der Waals surface area (Å²) >= 11 is 1.42. The Bertz CT molecular complexity index is 1120. The number of amides is 1. The molecule has 0 spiro atoms. The van der Waals surface area contributed by atoms with Crippen molar-refractivity contribution in [3.05, 3.63) is 77.9 Å². The third kappa shape index (κ3) is 4.28. The highest BCUT2D eigenvalue weighted by molar-refractivity contribution is 7.98. The van der Waals surface area contributed by atoms with E-state index in [0.29, 0.717) is 34.4 Å². The first-order valence-electron chi connectivity index (χ1n) is 9.49. The Morgan fingerprint density at radius 1 is 1.17 bits per heavy atom. The van der Waals surface area contributed by atoms with Crippen molar-refractivity contribution in [3.63, 3.8) is 0 Å². The van der Waals surface area contributed by atoms with E-state index in [2.05, 4.69) is 20.4 Å². The average Bonchev–Trinajstić information content (AvgIpc) is 3.48. The summed E-state index contributed by atoms with van der Waals surface area (Å²) in [5.74, 6) is 0.894. The molecule has 1 aromatic carbocycles. The summed E-state index contributed by atoms with van der Waals surface area (Å²) in [4.78, 5) is 21.8. The number of nitrogens with zero attached hydrogens (tertiary/aromatic N) is 4. The fourth-order valence-corrected chi connectivity index (χ4v) is 3.74. The highest BCUT2D eigenvalue weighted by Gasteiger charge is 2.19. The molecule has 0 unspecified atom stereocenters. The van der Waals surface area contributed by atoms with Crippen molar-refractivity contribution in [2.75, 3.05) is 12.8 Å². The second-order valence-electron chi connectivity index (χ2n) is 6.62. The lowest BCUT2D eigenvalue weighted by Crippen LogP contribution is -2.27. The number of aryl methyl sites for hydroxylation is 1. The summed E-state index contributed by atoms with van der Waals surface area (Å²) in [6, 6.07) is 13.6. The molecule has 0 aliphatic carbocycles. The van der Waals surface area contributed by atoms with Gasteiger partial charge in [0.1, 0.15) is 5.03 Å². The smallest absolute Gasteiger partial charge is 0.255 e. The van der Waals surface area contributed by atoms with Crippen LogP contribution in [0.3, 0.4) is 0 Å². The van der Waals surface area contributed by atoms with Crippen LogP contribution in [0.5, 0.6) is 0 Å². The van der Waals surface area contributed by atoms with Crippen molar-refractivity contribution in [2.24, 2.45) is 0 Å². The number of benzene rings is 1. The summed E-state index contributed by atoms with van der Waals surface area (Å²) < 4.78 is 7.19.